The second kappa shape index (κ2) is 6.89. The lowest BCUT2D eigenvalue weighted by Crippen LogP contribution is -2.48. The van der Waals surface area contributed by atoms with Gasteiger partial charge in [0.25, 0.3) is 0 Å². The standard InChI is InChI=1S/C16H24N4O/c21-16(18-11-13-1-2-13)19-15-5-9-20(10-6-15)12-14-3-7-17-8-4-14/h3-4,7-8,13,15H,1-2,5-6,9-12H2,(H2,18,19,21). The van der Waals surface area contributed by atoms with Gasteiger partial charge in [0.15, 0.2) is 0 Å². The highest BCUT2D eigenvalue weighted by molar-refractivity contribution is 5.74. The second-order valence-corrected chi connectivity index (χ2v) is 6.20. The summed E-state index contributed by atoms with van der Waals surface area (Å²) in [6.07, 6.45) is 8.28. The number of nitrogens with one attached hydrogen (secondary N) is 2. The Morgan fingerprint density at radius 2 is 1.90 bits per heavy atom. The van der Waals surface area contributed by atoms with E-state index in [1.807, 2.05) is 12.4 Å². The molecule has 1 saturated heterocycles. The maximum absolute atomic E-state index is 11.8. The molecule has 1 aliphatic carbocycles. The van der Waals surface area contributed by atoms with Gasteiger partial charge in [-0.3, -0.25) is 9.88 Å². The van der Waals surface area contributed by atoms with Gasteiger partial charge in [-0.25, -0.2) is 4.79 Å². The van der Waals surface area contributed by atoms with Gasteiger partial charge in [-0.05, 0) is 49.3 Å². The minimum Gasteiger partial charge on any atom is -0.338 e. The molecule has 2 heterocycles. The molecule has 1 aromatic rings. The van der Waals surface area contributed by atoms with Crippen molar-refractivity contribution in [3.8, 4) is 0 Å². The Balaban J connectivity index is 1.35. The van der Waals surface area contributed by atoms with Crippen molar-refractivity contribution >= 4 is 6.03 Å². The molecule has 2 aliphatic rings. The van der Waals surface area contributed by atoms with E-state index < -0.39 is 0 Å². The summed E-state index contributed by atoms with van der Waals surface area (Å²) in [7, 11) is 0. The topological polar surface area (TPSA) is 57.3 Å². The first-order chi connectivity index (χ1) is 10.3. The second-order valence-electron chi connectivity index (χ2n) is 6.20. The fourth-order valence-corrected chi connectivity index (χ4v) is 2.78. The number of aromatic nitrogens is 1. The molecule has 0 unspecified atom stereocenters. The quantitative estimate of drug-likeness (QED) is 0.868. The fraction of sp³-hybridized carbons (Fsp3) is 0.625. The monoisotopic (exact) mass is 288 g/mol. The molecule has 3 rings (SSSR count). The summed E-state index contributed by atoms with van der Waals surface area (Å²) in [4.78, 5) is 18.3. The molecule has 2 fully saturated rings. The predicted molar refractivity (Wildman–Crippen MR) is 81.8 cm³/mol. The van der Waals surface area contributed by atoms with E-state index in [4.69, 9.17) is 0 Å². The zero-order valence-corrected chi connectivity index (χ0v) is 12.4. The Hall–Kier alpha value is -1.62. The van der Waals surface area contributed by atoms with Crippen LogP contribution in [-0.2, 0) is 6.54 Å². The van der Waals surface area contributed by atoms with Gasteiger partial charge < -0.3 is 10.6 Å². The lowest BCUT2D eigenvalue weighted by Gasteiger charge is -2.32. The third-order valence-electron chi connectivity index (χ3n) is 4.33. The summed E-state index contributed by atoms with van der Waals surface area (Å²) in [6, 6.07) is 4.46. The zero-order valence-electron chi connectivity index (χ0n) is 12.4. The first-order valence-corrected chi connectivity index (χ1v) is 7.95. The number of hydrogen-bond acceptors (Lipinski definition) is 3. The molecule has 1 aromatic heterocycles. The number of rotatable bonds is 5. The lowest BCUT2D eigenvalue weighted by atomic mass is 10.0. The average Bonchev–Trinajstić information content (AvgIpc) is 3.33. The average molecular weight is 288 g/mol. The van der Waals surface area contributed by atoms with Crippen molar-refractivity contribution in [3.63, 3.8) is 0 Å². The number of nitrogens with zero attached hydrogens (tertiary/aromatic N) is 2. The largest absolute Gasteiger partial charge is 0.338 e. The molecule has 0 atom stereocenters. The van der Waals surface area contributed by atoms with Crippen LogP contribution in [0.2, 0.25) is 0 Å². The Morgan fingerprint density at radius 3 is 2.57 bits per heavy atom. The van der Waals surface area contributed by atoms with Gasteiger partial charge in [0.1, 0.15) is 0 Å². The fourth-order valence-electron chi connectivity index (χ4n) is 2.78. The third kappa shape index (κ3) is 4.70. The Morgan fingerprint density at radius 1 is 1.19 bits per heavy atom. The predicted octanol–water partition coefficient (Wildman–Crippen LogP) is 1.76. The van der Waals surface area contributed by atoms with Crippen molar-refractivity contribution in [2.24, 2.45) is 5.92 Å². The summed E-state index contributed by atoms with van der Waals surface area (Å²) in [5.41, 5.74) is 1.30. The van der Waals surface area contributed by atoms with E-state index in [0.29, 0.717) is 6.04 Å². The van der Waals surface area contributed by atoms with Gasteiger partial charge in [-0.2, -0.15) is 0 Å². The molecule has 114 valence electrons. The van der Waals surface area contributed by atoms with E-state index in [1.165, 1.54) is 18.4 Å². The summed E-state index contributed by atoms with van der Waals surface area (Å²) >= 11 is 0. The molecular formula is C16H24N4O. The lowest BCUT2D eigenvalue weighted by molar-refractivity contribution is 0.186. The van der Waals surface area contributed by atoms with Crippen LogP contribution in [-0.4, -0.2) is 41.6 Å². The number of piperidine rings is 1. The van der Waals surface area contributed by atoms with Gasteiger partial charge in [0.05, 0.1) is 0 Å². The molecule has 1 aliphatic heterocycles. The molecule has 21 heavy (non-hydrogen) atoms. The highest BCUT2D eigenvalue weighted by Crippen LogP contribution is 2.27. The maximum Gasteiger partial charge on any atom is 0.315 e. The van der Waals surface area contributed by atoms with E-state index in [1.54, 1.807) is 0 Å². The number of carbonyl (C=O) groups is 1. The number of hydrogen-bond donors (Lipinski definition) is 2. The zero-order chi connectivity index (χ0) is 14.5. The van der Waals surface area contributed by atoms with Crippen molar-refractivity contribution in [2.45, 2.75) is 38.3 Å². The molecule has 5 nitrogen and oxygen atoms in total. The van der Waals surface area contributed by atoms with Crippen molar-refractivity contribution in [3.05, 3.63) is 30.1 Å². The van der Waals surface area contributed by atoms with Crippen LogP contribution in [0.15, 0.2) is 24.5 Å². The van der Waals surface area contributed by atoms with E-state index in [-0.39, 0.29) is 6.03 Å². The molecule has 2 amide bonds. The minimum absolute atomic E-state index is 0.00878. The van der Waals surface area contributed by atoms with Crippen LogP contribution in [0.1, 0.15) is 31.2 Å². The van der Waals surface area contributed by atoms with Crippen LogP contribution < -0.4 is 10.6 Å². The summed E-state index contributed by atoms with van der Waals surface area (Å²) in [5, 5.41) is 6.07. The van der Waals surface area contributed by atoms with E-state index >= 15 is 0 Å². The molecule has 2 N–H and O–H groups in total. The van der Waals surface area contributed by atoms with Crippen molar-refractivity contribution < 1.29 is 4.79 Å². The number of likely N-dealkylation sites (tertiary alicyclic amines) is 1. The van der Waals surface area contributed by atoms with Crippen LogP contribution in [0.3, 0.4) is 0 Å². The summed E-state index contributed by atoms with van der Waals surface area (Å²) in [6.45, 7) is 3.89. The molecular weight excluding hydrogens is 264 g/mol. The Kier molecular flexibility index (Phi) is 4.70. The van der Waals surface area contributed by atoms with Crippen molar-refractivity contribution in [2.75, 3.05) is 19.6 Å². The normalized spacial score (nSPS) is 20.2. The highest BCUT2D eigenvalue weighted by Gasteiger charge is 2.23. The molecule has 5 heteroatoms. The summed E-state index contributed by atoms with van der Waals surface area (Å²) < 4.78 is 0. The molecule has 0 spiro atoms. The van der Waals surface area contributed by atoms with E-state index in [2.05, 4.69) is 32.7 Å². The van der Waals surface area contributed by atoms with Crippen LogP contribution >= 0.6 is 0 Å². The number of urea groups is 1. The van der Waals surface area contributed by atoms with Crippen LogP contribution in [0.5, 0.6) is 0 Å². The maximum atomic E-state index is 11.8. The van der Waals surface area contributed by atoms with Gasteiger partial charge in [-0.15, -0.1) is 0 Å². The van der Waals surface area contributed by atoms with Crippen molar-refractivity contribution in [1.29, 1.82) is 0 Å². The van der Waals surface area contributed by atoms with Gasteiger partial charge >= 0.3 is 6.03 Å². The van der Waals surface area contributed by atoms with Crippen LogP contribution in [0.4, 0.5) is 4.79 Å². The smallest absolute Gasteiger partial charge is 0.315 e. The minimum atomic E-state index is 0.00878. The molecule has 0 bridgehead atoms. The van der Waals surface area contributed by atoms with Crippen LogP contribution in [0, 0.1) is 5.92 Å². The molecule has 1 saturated carbocycles. The van der Waals surface area contributed by atoms with Gasteiger partial charge in [-0.1, -0.05) is 0 Å². The van der Waals surface area contributed by atoms with Gasteiger partial charge in [0, 0.05) is 44.6 Å². The van der Waals surface area contributed by atoms with E-state index in [9.17, 15) is 4.79 Å². The number of amides is 2. The van der Waals surface area contributed by atoms with E-state index in [0.717, 1.165) is 44.9 Å². The molecule has 0 radical (unpaired) electrons. The first kappa shape index (κ1) is 14.3. The van der Waals surface area contributed by atoms with Crippen LogP contribution in [0.25, 0.3) is 0 Å². The van der Waals surface area contributed by atoms with Gasteiger partial charge in [0.2, 0.25) is 0 Å². The third-order valence-corrected chi connectivity index (χ3v) is 4.33. The summed E-state index contributed by atoms with van der Waals surface area (Å²) in [5.74, 6) is 0.734. The number of carbonyl (C=O) groups excluding carboxylic acids is 1. The Labute approximate surface area is 126 Å². The highest BCUT2D eigenvalue weighted by atomic mass is 16.2. The first-order valence-electron chi connectivity index (χ1n) is 7.95. The Bertz CT molecular complexity index is 453. The molecule has 0 aromatic carbocycles. The van der Waals surface area contributed by atoms with Crippen molar-refractivity contribution in [1.82, 2.24) is 20.5 Å². The SMILES string of the molecule is O=C(NCC1CC1)NC1CCN(Cc2ccncc2)CC1. The number of pyridine rings is 1.